The van der Waals surface area contributed by atoms with Gasteiger partial charge in [-0.1, -0.05) is 10.8 Å². The number of methoxy groups -OCH3 is 1. The largest absolute Gasteiger partial charge is 0.380 e. The second-order valence-corrected chi connectivity index (χ2v) is 5.36. The van der Waals surface area contributed by atoms with Crippen LogP contribution in [0.5, 0.6) is 0 Å². The molecule has 1 atom stereocenters. The Kier molecular flexibility index (Phi) is 3.76. The summed E-state index contributed by atoms with van der Waals surface area (Å²) in [5, 5.41) is 0. The van der Waals surface area contributed by atoms with E-state index in [4.69, 9.17) is 4.74 Å². The molecule has 1 aliphatic rings. The molecule has 0 aliphatic carbocycles. The number of thiol groups is 1. The smallest absolute Gasteiger partial charge is 0.0714 e. The van der Waals surface area contributed by atoms with Crippen molar-refractivity contribution in [2.45, 2.75) is 31.2 Å². The van der Waals surface area contributed by atoms with Crippen molar-refractivity contribution in [1.82, 2.24) is 4.90 Å². The van der Waals surface area contributed by atoms with Crippen LogP contribution in [0.2, 0.25) is 0 Å². The number of ether oxygens (including phenoxy) is 1. The van der Waals surface area contributed by atoms with Crippen LogP contribution in [0.25, 0.3) is 0 Å². The molecule has 4 heteroatoms. The zero-order valence-corrected chi connectivity index (χ0v) is 9.62. The molecule has 1 fully saturated rings. The summed E-state index contributed by atoms with van der Waals surface area (Å²) in [5.74, 6) is 0. The Bertz CT molecular complexity index is 152. The lowest BCUT2D eigenvalue weighted by Crippen LogP contribution is -2.39. The van der Waals surface area contributed by atoms with Crippen molar-refractivity contribution in [3.8, 4) is 0 Å². The summed E-state index contributed by atoms with van der Waals surface area (Å²) in [6, 6.07) is 0. The van der Waals surface area contributed by atoms with Crippen LogP contribution in [0.3, 0.4) is 0 Å². The van der Waals surface area contributed by atoms with E-state index in [-0.39, 0.29) is 4.87 Å². The maximum atomic E-state index is 5.31. The van der Waals surface area contributed by atoms with E-state index in [1.54, 1.807) is 17.9 Å². The molecule has 0 radical (unpaired) electrons. The van der Waals surface area contributed by atoms with Gasteiger partial charge in [0.1, 0.15) is 0 Å². The third-order valence-electron chi connectivity index (χ3n) is 2.46. The molecule has 0 N–H and O–H groups in total. The molecule has 1 heterocycles. The van der Waals surface area contributed by atoms with E-state index >= 15 is 0 Å². The number of hydrogen-bond acceptors (Lipinski definition) is 4. The summed E-state index contributed by atoms with van der Waals surface area (Å²) in [6.45, 7) is 6.56. The number of nitrogens with zero attached hydrogens (tertiary/aromatic N) is 1. The molecule has 0 saturated carbocycles. The van der Waals surface area contributed by atoms with Crippen LogP contribution in [0, 0.1) is 0 Å². The highest BCUT2D eigenvalue weighted by Gasteiger charge is 2.33. The van der Waals surface area contributed by atoms with Gasteiger partial charge in [-0.15, -0.1) is 11.7 Å². The molecule has 0 aromatic heterocycles. The number of hydrogen-bond donors (Lipinski definition) is 1. The first-order chi connectivity index (χ1) is 5.60. The average Bonchev–Trinajstić information content (AvgIpc) is 2.52. The van der Waals surface area contributed by atoms with E-state index < -0.39 is 0 Å². The summed E-state index contributed by atoms with van der Waals surface area (Å²) in [7, 11) is 3.39. The Morgan fingerprint density at radius 3 is 2.67 bits per heavy atom. The Morgan fingerprint density at radius 1 is 1.58 bits per heavy atom. The third-order valence-corrected chi connectivity index (χ3v) is 4.51. The van der Waals surface area contributed by atoms with Crippen LogP contribution in [-0.4, -0.2) is 36.1 Å². The van der Waals surface area contributed by atoms with Crippen molar-refractivity contribution in [2.24, 2.45) is 0 Å². The monoisotopic (exact) mass is 207 g/mol. The Labute approximate surface area is 83.8 Å². The van der Waals surface area contributed by atoms with Gasteiger partial charge in [0, 0.05) is 20.2 Å². The van der Waals surface area contributed by atoms with Crippen molar-refractivity contribution < 1.29 is 4.74 Å². The fourth-order valence-corrected chi connectivity index (χ4v) is 2.10. The van der Waals surface area contributed by atoms with Gasteiger partial charge < -0.3 is 4.74 Å². The highest BCUT2D eigenvalue weighted by Crippen LogP contribution is 2.34. The van der Waals surface area contributed by atoms with Crippen molar-refractivity contribution in [2.75, 3.05) is 20.2 Å². The predicted octanol–water partition coefficient (Wildman–Crippen LogP) is 2.02. The van der Waals surface area contributed by atoms with Gasteiger partial charge >= 0.3 is 0 Å². The zero-order valence-electron chi connectivity index (χ0n) is 7.91. The molecular formula is C8H17NOS2. The molecule has 1 saturated heterocycles. The summed E-state index contributed by atoms with van der Waals surface area (Å²) < 4.78 is 5.31. The summed E-state index contributed by atoms with van der Waals surface area (Å²) >= 11 is 4.27. The van der Waals surface area contributed by atoms with E-state index in [0.29, 0.717) is 6.10 Å². The molecule has 0 bridgehead atoms. The fraction of sp³-hybridized carbons (Fsp3) is 1.00. The SMILES string of the molecule is CO[C@@H]1CCN(C(C)(C)SS)C1. The van der Waals surface area contributed by atoms with Gasteiger partial charge in [-0.05, 0) is 20.3 Å². The third kappa shape index (κ3) is 2.31. The quantitative estimate of drug-likeness (QED) is 0.562. The molecule has 0 unspecified atom stereocenters. The van der Waals surface area contributed by atoms with Gasteiger partial charge in [0.05, 0.1) is 11.0 Å². The lowest BCUT2D eigenvalue weighted by atomic mass is 10.3. The standard InChI is InChI=1S/C8H17NOS2/c1-8(2,12-11)9-5-4-7(6-9)10-3/h7,11H,4-6H2,1-3H3/t7-/m1/s1. The van der Waals surface area contributed by atoms with E-state index in [2.05, 4.69) is 30.4 Å². The molecule has 2 nitrogen and oxygen atoms in total. The average molecular weight is 207 g/mol. The van der Waals surface area contributed by atoms with Crippen molar-refractivity contribution in [3.05, 3.63) is 0 Å². The first-order valence-electron chi connectivity index (χ1n) is 4.20. The highest BCUT2D eigenvalue weighted by atomic mass is 33.1. The maximum absolute atomic E-state index is 5.31. The molecule has 0 aromatic carbocycles. The molecule has 0 aromatic rings. The van der Waals surface area contributed by atoms with Crippen LogP contribution < -0.4 is 0 Å². The highest BCUT2D eigenvalue weighted by molar-refractivity contribution is 8.69. The first kappa shape index (κ1) is 10.7. The lowest BCUT2D eigenvalue weighted by molar-refractivity contribution is 0.101. The first-order valence-corrected chi connectivity index (χ1v) is 6.07. The van der Waals surface area contributed by atoms with Crippen LogP contribution in [-0.2, 0) is 4.74 Å². The molecule has 1 aliphatic heterocycles. The van der Waals surface area contributed by atoms with Crippen molar-refractivity contribution in [3.63, 3.8) is 0 Å². The van der Waals surface area contributed by atoms with E-state index in [1.165, 1.54) is 0 Å². The predicted molar refractivity (Wildman–Crippen MR) is 57.6 cm³/mol. The minimum atomic E-state index is 0.135. The second-order valence-electron chi connectivity index (χ2n) is 3.63. The lowest BCUT2D eigenvalue weighted by Gasteiger charge is -2.32. The van der Waals surface area contributed by atoms with E-state index in [9.17, 15) is 0 Å². The zero-order chi connectivity index (χ0) is 9.19. The molecule has 0 amide bonds. The van der Waals surface area contributed by atoms with Gasteiger partial charge in [-0.25, -0.2) is 0 Å². The Balaban J connectivity index is 2.46. The normalized spacial score (nSPS) is 26.5. The van der Waals surface area contributed by atoms with Crippen LogP contribution >= 0.6 is 22.5 Å². The number of rotatable bonds is 3. The second kappa shape index (κ2) is 4.22. The Hall–Kier alpha value is 0.620. The van der Waals surface area contributed by atoms with Gasteiger partial charge in [0.25, 0.3) is 0 Å². The molecule has 0 spiro atoms. The molecular weight excluding hydrogens is 190 g/mol. The van der Waals surface area contributed by atoms with Gasteiger partial charge in [-0.2, -0.15) is 0 Å². The van der Waals surface area contributed by atoms with Gasteiger partial charge in [0.2, 0.25) is 0 Å². The van der Waals surface area contributed by atoms with Crippen LogP contribution in [0.1, 0.15) is 20.3 Å². The maximum Gasteiger partial charge on any atom is 0.0714 e. The van der Waals surface area contributed by atoms with Crippen molar-refractivity contribution >= 4 is 22.5 Å². The summed E-state index contributed by atoms with van der Waals surface area (Å²) in [6.07, 6.45) is 1.57. The summed E-state index contributed by atoms with van der Waals surface area (Å²) in [4.78, 5) is 2.55. The topological polar surface area (TPSA) is 12.5 Å². The molecule has 72 valence electrons. The summed E-state index contributed by atoms with van der Waals surface area (Å²) in [5.41, 5.74) is 0. The minimum Gasteiger partial charge on any atom is -0.380 e. The fourth-order valence-electron chi connectivity index (χ4n) is 1.47. The van der Waals surface area contributed by atoms with Crippen molar-refractivity contribution in [1.29, 1.82) is 0 Å². The Morgan fingerprint density at radius 2 is 2.25 bits per heavy atom. The van der Waals surface area contributed by atoms with Gasteiger partial charge in [-0.3, -0.25) is 4.90 Å². The van der Waals surface area contributed by atoms with E-state index in [0.717, 1.165) is 19.5 Å². The minimum absolute atomic E-state index is 0.135. The van der Waals surface area contributed by atoms with E-state index in [1.807, 2.05) is 0 Å². The number of likely N-dealkylation sites (tertiary alicyclic amines) is 1. The van der Waals surface area contributed by atoms with Crippen LogP contribution in [0.15, 0.2) is 0 Å². The molecule has 12 heavy (non-hydrogen) atoms. The molecule has 1 rings (SSSR count). The van der Waals surface area contributed by atoms with Gasteiger partial charge in [0.15, 0.2) is 0 Å². The van der Waals surface area contributed by atoms with Crippen LogP contribution in [0.4, 0.5) is 0 Å².